The van der Waals surface area contributed by atoms with E-state index < -0.39 is 0 Å². The molecule has 7 aromatic carbocycles. The van der Waals surface area contributed by atoms with E-state index in [0.717, 1.165) is 27.8 Å². The Labute approximate surface area is 280 Å². The van der Waals surface area contributed by atoms with Crippen molar-refractivity contribution >= 4 is 0 Å². The molecule has 0 spiro atoms. The lowest BCUT2D eigenvalue weighted by Crippen LogP contribution is -2.00. The maximum absolute atomic E-state index is 4.94. The van der Waals surface area contributed by atoms with Crippen LogP contribution in [0.2, 0.25) is 0 Å². The highest BCUT2D eigenvalue weighted by atomic mass is 15.0. The zero-order valence-electron chi connectivity index (χ0n) is 26.2. The molecule has 226 valence electrons. The van der Waals surface area contributed by atoms with Gasteiger partial charge in [-0.15, -0.1) is 0 Å². The van der Waals surface area contributed by atoms with Gasteiger partial charge in [-0.2, -0.15) is 0 Å². The van der Waals surface area contributed by atoms with Gasteiger partial charge in [0.25, 0.3) is 0 Å². The van der Waals surface area contributed by atoms with Gasteiger partial charge in [-0.05, 0) is 62.7 Å². The van der Waals surface area contributed by atoms with E-state index in [1.54, 1.807) is 0 Å². The van der Waals surface area contributed by atoms with Crippen LogP contribution >= 0.6 is 0 Å². The first kappa shape index (κ1) is 29.0. The van der Waals surface area contributed by atoms with Gasteiger partial charge in [0.1, 0.15) is 0 Å². The molecular formula is C45H31N3. The first-order valence-corrected chi connectivity index (χ1v) is 16.1. The molecule has 0 amide bonds. The Morgan fingerprint density at radius 3 is 0.854 bits per heavy atom. The third-order valence-electron chi connectivity index (χ3n) is 8.54. The summed E-state index contributed by atoms with van der Waals surface area (Å²) >= 11 is 0. The summed E-state index contributed by atoms with van der Waals surface area (Å²) < 4.78 is 0. The Balaban J connectivity index is 1.12. The molecule has 48 heavy (non-hydrogen) atoms. The normalized spacial score (nSPS) is 10.9. The van der Waals surface area contributed by atoms with Crippen LogP contribution < -0.4 is 0 Å². The predicted octanol–water partition coefficient (Wildman–Crippen LogP) is 11.5. The summed E-state index contributed by atoms with van der Waals surface area (Å²) in [5, 5.41) is 0. The van der Waals surface area contributed by atoms with Crippen molar-refractivity contribution < 1.29 is 0 Å². The molecule has 0 aliphatic heterocycles. The zero-order chi connectivity index (χ0) is 32.1. The van der Waals surface area contributed by atoms with E-state index in [-0.39, 0.29) is 0 Å². The van der Waals surface area contributed by atoms with Crippen molar-refractivity contribution in [2.75, 3.05) is 0 Å². The molecule has 0 saturated carbocycles. The molecule has 1 heterocycles. The van der Waals surface area contributed by atoms with Crippen molar-refractivity contribution in [1.82, 2.24) is 15.0 Å². The van der Waals surface area contributed by atoms with E-state index in [1.165, 1.54) is 33.4 Å². The van der Waals surface area contributed by atoms with Crippen molar-refractivity contribution in [2.24, 2.45) is 0 Å². The Morgan fingerprint density at radius 1 is 0.188 bits per heavy atom. The molecular weight excluding hydrogens is 583 g/mol. The summed E-state index contributed by atoms with van der Waals surface area (Å²) in [4.78, 5) is 14.7. The molecule has 0 radical (unpaired) electrons. The number of benzene rings is 7. The first-order chi connectivity index (χ1) is 23.8. The fraction of sp³-hybridized carbons (Fsp3) is 0. The molecule has 0 bridgehead atoms. The third kappa shape index (κ3) is 6.18. The maximum Gasteiger partial charge on any atom is 0.164 e. The molecule has 0 N–H and O–H groups in total. The smallest absolute Gasteiger partial charge is 0.164 e. The molecule has 0 fully saturated rings. The van der Waals surface area contributed by atoms with Crippen LogP contribution in [0.3, 0.4) is 0 Å². The Bertz CT molecular complexity index is 2260. The van der Waals surface area contributed by atoms with Crippen LogP contribution in [0.1, 0.15) is 0 Å². The highest BCUT2D eigenvalue weighted by molar-refractivity contribution is 5.79. The van der Waals surface area contributed by atoms with E-state index in [4.69, 9.17) is 15.0 Å². The molecule has 1 aromatic heterocycles. The van der Waals surface area contributed by atoms with E-state index >= 15 is 0 Å². The van der Waals surface area contributed by atoms with Gasteiger partial charge in [0.15, 0.2) is 17.5 Å². The average Bonchev–Trinajstić information content (AvgIpc) is 3.19. The largest absolute Gasteiger partial charge is 0.208 e. The fourth-order valence-electron chi connectivity index (χ4n) is 6.02. The van der Waals surface area contributed by atoms with Gasteiger partial charge >= 0.3 is 0 Å². The second-order valence-electron chi connectivity index (χ2n) is 11.7. The molecule has 0 aliphatic rings. The van der Waals surface area contributed by atoms with E-state index in [2.05, 4.69) is 121 Å². The lowest BCUT2D eigenvalue weighted by molar-refractivity contribution is 1.07. The summed E-state index contributed by atoms with van der Waals surface area (Å²) in [5.74, 6) is 1.95. The molecule has 0 saturated heterocycles. The fourth-order valence-corrected chi connectivity index (χ4v) is 6.02. The van der Waals surface area contributed by atoms with Crippen molar-refractivity contribution in [2.45, 2.75) is 0 Å². The van der Waals surface area contributed by atoms with Gasteiger partial charge in [0.05, 0.1) is 0 Å². The lowest BCUT2D eigenvalue weighted by atomic mass is 9.95. The Morgan fingerprint density at radius 2 is 0.438 bits per heavy atom. The van der Waals surface area contributed by atoms with Crippen molar-refractivity contribution in [3.05, 3.63) is 188 Å². The van der Waals surface area contributed by atoms with Crippen LogP contribution in [-0.2, 0) is 0 Å². The molecule has 3 nitrogen and oxygen atoms in total. The summed E-state index contributed by atoms with van der Waals surface area (Å²) in [6.07, 6.45) is 0. The lowest BCUT2D eigenvalue weighted by Gasteiger charge is -2.11. The second-order valence-corrected chi connectivity index (χ2v) is 11.7. The van der Waals surface area contributed by atoms with Crippen LogP contribution in [-0.4, -0.2) is 15.0 Å². The van der Waals surface area contributed by atoms with Crippen molar-refractivity contribution in [1.29, 1.82) is 0 Å². The van der Waals surface area contributed by atoms with Crippen LogP contribution in [0.15, 0.2) is 188 Å². The molecule has 0 atom stereocenters. The number of hydrogen-bond acceptors (Lipinski definition) is 3. The standard InChI is InChI=1S/C45H31N3/c1-4-13-32(14-5-1)33-25-27-34(28-26-33)37-19-10-20-38(29-37)39-21-11-22-40(30-39)41-23-12-24-42(31-41)45-47-43(35-15-6-2-7-16-35)46-44(48-45)36-17-8-3-9-18-36/h1-31H. The number of nitrogens with zero attached hydrogens (tertiary/aromatic N) is 3. The zero-order valence-corrected chi connectivity index (χ0v) is 26.2. The molecule has 3 heteroatoms. The van der Waals surface area contributed by atoms with Crippen LogP contribution in [0.25, 0.3) is 78.7 Å². The van der Waals surface area contributed by atoms with Gasteiger partial charge < -0.3 is 0 Å². The highest BCUT2D eigenvalue weighted by Gasteiger charge is 2.13. The maximum atomic E-state index is 4.94. The van der Waals surface area contributed by atoms with Crippen LogP contribution in [0.5, 0.6) is 0 Å². The quantitative estimate of drug-likeness (QED) is 0.179. The topological polar surface area (TPSA) is 38.7 Å². The van der Waals surface area contributed by atoms with Crippen LogP contribution in [0, 0.1) is 0 Å². The molecule has 8 aromatic rings. The number of hydrogen-bond donors (Lipinski definition) is 0. The second kappa shape index (κ2) is 13.1. The average molecular weight is 614 g/mol. The number of aromatic nitrogens is 3. The number of rotatable bonds is 7. The van der Waals surface area contributed by atoms with E-state index in [9.17, 15) is 0 Å². The summed E-state index contributed by atoms with van der Waals surface area (Å²) in [5.41, 5.74) is 12.3. The molecule has 0 unspecified atom stereocenters. The SMILES string of the molecule is c1ccc(-c2ccc(-c3cccc(-c4cccc(-c5cccc(-c6nc(-c7ccccc7)nc(-c7ccccc7)n6)c5)c4)c3)cc2)cc1. The Kier molecular flexibility index (Phi) is 7.92. The Hall–Kier alpha value is -6.45. The van der Waals surface area contributed by atoms with E-state index in [0.29, 0.717) is 17.5 Å². The van der Waals surface area contributed by atoms with Gasteiger partial charge in [-0.3, -0.25) is 0 Å². The minimum atomic E-state index is 0.645. The minimum absolute atomic E-state index is 0.645. The predicted molar refractivity (Wildman–Crippen MR) is 198 cm³/mol. The van der Waals surface area contributed by atoms with E-state index in [1.807, 2.05) is 66.7 Å². The van der Waals surface area contributed by atoms with Gasteiger partial charge in [-0.25, -0.2) is 15.0 Å². The summed E-state index contributed by atoms with van der Waals surface area (Å²) in [7, 11) is 0. The van der Waals surface area contributed by atoms with Crippen molar-refractivity contribution in [3.63, 3.8) is 0 Å². The van der Waals surface area contributed by atoms with Gasteiger partial charge in [-0.1, -0.05) is 170 Å². The highest BCUT2D eigenvalue weighted by Crippen LogP contribution is 2.33. The van der Waals surface area contributed by atoms with Gasteiger partial charge in [0, 0.05) is 16.7 Å². The molecule has 0 aliphatic carbocycles. The van der Waals surface area contributed by atoms with Gasteiger partial charge in [0.2, 0.25) is 0 Å². The summed E-state index contributed by atoms with van der Waals surface area (Å²) in [6.45, 7) is 0. The minimum Gasteiger partial charge on any atom is -0.208 e. The first-order valence-electron chi connectivity index (χ1n) is 16.1. The third-order valence-corrected chi connectivity index (χ3v) is 8.54. The van der Waals surface area contributed by atoms with Crippen molar-refractivity contribution in [3.8, 4) is 78.7 Å². The molecule has 8 rings (SSSR count). The summed E-state index contributed by atoms with van der Waals surface area (Å²) in [6, 6.07) is 65.4. The monoisotopic (exact) mass is 613 g/mol. The van der Waals surface area contributed by atoms with Crippen LogP contribution in [0.4, 0.5) is 0 Å².